The van der Waals surface area contributed by atoms with E-state index >= 15 is 0 Å². The lowest BCUT2D eigenvalue weighted by molar-refractivity contribution is -0.142. The summed E-state index contributed by atoms with van der Waals surface area (Å²) in [5.74, 6) is -4.84. The van der Waals surface area contributed by atoms with Crippen molar-refractivity contribution in [3.05, 3.63) is 92.6 Å². The molecule has 3 aromatic rings. The lowest BCUT2D eigenvalue weighted by Crippen LogP contribution is -2.28. The number of alkyl halides is 3. The second kappa shape index (κ2) is 10.6. The van der Waals surface area contributed by atoms with Crippen molar-refractivity contribution in [1.82, 2.24) is 9.55 Å². The van der Waals surface area contributed by atoms with E-state index in [9.17, 15) is 31.5 Å². The molecule has 0 aliphatic carbocycles. The van der Waals surface area contributed by atoms with Gasteiger partial charge in [0, 0.05) is 16.7 Å². The summed E-state index contributed by atoms with van der Waals surface area (Å²) >= 11 is 5.84. The highest BCUT2D eigenvalue weighted by Crippen LogP contribution is 2.35. The summed E-state index contributed by atoms with van der Waals surface area (Å²) in [4.78, 5) is 27.9. The van der Waals surface area contributed by atoms with Crippen molar-refractivity contribution in [3.63, 3.8) is 0 Å². The number of benzene rings is 2. The highest BCUT2D eigenvalue weighted by molar-refractivity contribution is 6.30. The van der Waals surface area contributed by atoms with Gasteiger partial charge in [0.1, 0.15) is 17.4 Å². The Kier molecular flexibility index (Phi) is 7.73. The fourth-order valence-corrected chi connectivity index (χ4v) is 3.32. The number of aromatic nitrogens is 2. The molecule has 0 fully saturated rings. The van der Waals surface area contributed by atoms with E-state index in [0.717, 1.165) is 30.3 Å². The molecule has 0 aliphatic rings. The number of nitrogens with two attached hydrogens (primary N) is 1. The minimum absolute atomic E-state index is 0.0495. The van der Waals surface area contributed by atoms with Gasteiger partial charge in [0.15, 0.2) is 5.69 Å². The SMILES string of the molecule is N#Cc1cc(Cl)cc(Oc2c(C(F)(F)F)ncn(CC(=N)/C=C(\C(N)=O)c3cc(F)cc(F)c3)c2=O)c1. The van der Waals surface area contributed by atoms with Crippen LogP contribution in [0.25, 0.3) is 5.57 Å². The van der Waals surface area contributed by atoms with E-state index in [2.05, 4.69) is 4.98 Å². The monoisotopic (exact) mass is 537 g/mol. The van der Waals surface area contributed by atoms with E-state index in [-0.39, 0.29) is 21.9 Å². The van der Waals surface area contributed by atoms with Crippen LogP contribution in [0.3, 0.4) is 0 Å². The predicted molar refractivity (Wildman–Crippen MR) is 121 cm³/mol. The maximum absolute atomic E-state index is 13.6. The summed E-state index contributed by atoms with van der Waals surface area (Å²) in [6.45, 7) is -0.728. The fraction of sp³-hybridized carbons (Fsp3) is 0.0870. The minimum Gasteiger partial charge on any atom is -0.449 e. The molecule has 0 aliphatic heterocycles. The van der Waals surface area contributed by atoms with Gasteiger partial charge in [0.05, 0.1) is 30.2 Å². The van der Waals surface area contributed by atoms with Crippen LogP contribution in [0.2, 0.25) is 5.02 Å². The van der Waals surface area contributed by atoms with Crippen LogP contribution in [-0.4, -0.2) is 21.2 Å². The van der Waals surface area contributed by atoms with Crippen LogP contribution in [0.4, 0.5) is 22.0 Å². The van der Waals surface area contributed by atoms with Crippen LogP contribution < -0.4 is 16.0 Å². The average molecular weight is 538 g/mol. The van der Waals surface area contributed by atoms with Crippen LogP contribution in [0.15, 0.2) is 53.6 Å². The first-order valence-electron chi connectivity index (χ1n) is 9.89. The van der Waals surface area contributed by atoms with E-state index in [1.165, 1.54) is 6.07 Å². The quantitative estimate of drug-likeness (QED) is 0.261. The van der Waals surface area contributed by atoms with E-state index < -0.39 is 58.6 Å². The molecule has 1 heterocycles. The maximum atomic E-state index is 13.6. The number of nitriles is 1. The molecule has 8 nitrogen and oxygen atoms in total. The smallest absolute Gasteiger partial charge is 0.437 e. The Bertz CT molecular complexity index is 1520. The lowest BCUT2D eigenvalue weighted by atomic mass is 10.0. The molecule has 14 heteroatoms. The van der Waals surface area contributed by atoms with Crippen LogP contribution in [0, 0.1) is 28.4 Å². The first kappa shape index (κ1) is 27.0. The maximum Gasteiger partial charge on any atom is 0.437 e. The number of amides is 1. The number of allylic oxidation sites excluding steroid dienone is 1. The van der Waals surface area contributed by atoms with Gasteiger partial charge >= 0.3 is 6.18 Å². The van der Waals surface area contributed by atoms with Crippen molar-refractivity contribution in [2.75, 3.05) is 0 Å². The molecule has 3 rings (SSSR count). The number of hydrogen-bond acceptors (Lipinski definition) is 6. The van der Waals surface area contributed by atoms with Gasteiger partial charge in [0.2, 0.25) is 11.7 Å². The van der Waals surface area contributed by atoms with Gasteiger partial charge in [-0.15, -0.1) is 0 Å². The Morgan fingerprint density at radius 3 is 2.41 bits per heavy atom. The molecule has 0 unspecified atom stereocenters. The Labute approximate surface area is 209 Å². The molecular formula is C23H13ClF5N5O3. The highest BCUT2D eigenvalue weighted by atomic mass is 35.5. The summed E-state index contributed by atoms with van der Waals surface area (Å²) in [7, 11) is 0. The van der Waals surface area contributed by atoms with Gasteiger partial charge in [-0.2, -0.15) is 18.4 Å². The third-order valence-corrected chi connectivity index (χ3v) is 4.80. The van der Waals surface area contributed by atoms with E-state index in [0.29, 0.717) is 17.0 Å². The van der Waals surface area contributed by atoms with Crippen molar-refractivity contribution < 1.29 is 31.5 Å². The Morgan fingerprint density at radius 1 is 1.19 bits per heavy atom. The third kappa shape index (κ3) is 6.56. The summed E-state index contributed by atoms with van der Waals surface area (Å²) in [5.41, 5.74) is 0.804. The Hall–Kier alpha value is -4.57. The van der Waals surface area contributed by atoms with Crippen LogP contribution in [0.1, 0.15) is 16.8 Å². The summed E-state index contributed by atoms with van der Waals surface area (Å²) in [5, 5.41) is 17.1. The molecule has 3 N–H and O–H groups in total. The average Bonchev–Trinajstić information content (AvgIpc) is 2.78. The van der Waals surface area contributed by atoms with Gasteiger partial charge in [0.25, 0.3) is 5.56 Å². The zero-order chi connectivity index (χ0) is 27.5. The number of carbonyl (C=O) groups is 1. The second-order valence-electron chi connectivity index (χ2n) is 7.35. The van der Waals surface area contributed by atoms with E-state index in [1.54, 1.807) is 6.07 Å². The standard InChI is InChI=1S/C23H13ClF5N5O3/c24-13-1-11(8-30)2-17(5-13)37-19-20(23(27,28)29)33-10-34(22(19)36)9-16(31)7-18(21(32)35)12-3-14(25)6-15(26)4-12/h1-7,10,31H,9H2,(H2,32,35)/b18-7-,31-16?. The van der Waals surface area contributed by atoms with Crippen LogP contribution >= 0.6 is 11.6 Å². The molecular weight excluding hydrogens is 525 g/mol. The van der Waals surface area contributed by atoms with Crippen molar-refractivity contribution in [1.29, 1.82) is 10.7 Å². The molecule has 0 atom stereocenters. The molecule has 1 aromatic heterocycles. The van der Waals surface area contributed by atoms with Crippen molar-refractivity contribution in [2.45, 2.75) is 12.7 Å². The van der Waals surface area contributed by atoms with Gasteiger partial charge < -0.3 is 15.9 Å². The number of nitrogens with one attached hydrogen (secondary N) is 1. The van der Waals surface area contributed by atoms with Crippen molar-refractivity contribution in [2.24, 2.45) is 5.73 Å². The Morgan fingerprint density at radius 2 is 1.84 bits per heavy atom. The zero-order valence-electron chi connectivity index (χ0n) is 18.2. The summed E-state index contributed by atoms with van der Waals surface area (Å²) < 4.78 is 73.4. The first-order valence-corrected chi connectivity index (χ1v) is 10.3. The largest absolute Gasteiger partial charge is 0.449 e. The zero-order valence-corrected chi connectivity index (χ0v) is 19.0. The number of rotatable bonds is 7. The normalized spacial score (nSPS) is 11.6. The number of hydrogen-bond donors (Lipinski definition) is 2. The van der Waals surface area contributed by atoms with Crippen LogP contribution in [-0.2, 0) is 17.5 Å². The van der Waals surface area contributed by atoms with Crippen LogP contribution in [0.5, 0.6) is 11.5 Å². The van der Waals surface area contributed by atoms with E-state index in [4.69, 9.17) is 32.7 Å². The minimum atomic E-state index is -5.11. The number of nitrogens with zero attached hydrogens (tertiary/aromatic N) is 3. The fourth-order valence-electron chi connectivity index (χ4n) is 3.09. The van der Waals surface area contributed by atoms with E-state index in [1.807, 2.05) is 0 Å². The molecule has 0 spiro atoms. The highest BCUT2D eigenvalue weighted by Gasteiger charge is 2.38. The van der Waals surface area contributed by atoms with Gasteiger partial charge in [-0.25, -0.2) is 13.8 Å². The summed E-state index contributed by atoms with van der Waals surface area (Å²) in [6, 6.07) is 7.18. The predicted octanol–water partition coefficient (Wildman–Crippen LogP) is 4.45. The number of primary amides is 1. The molecule has 0 saturated heterocycles. The molecule has 0 bridgehead atoms. The van der Waals surface area contributed by atoms with Gasteiger partial charge in [-0.05, 0) is 42.0 Å². The van der Waals surface area contributed by atoms with Gasteiger partial charge in [-0.3, -0.25) is 14.2 Å². The van der Waals surface area contributed by atoms with Gasteiger partial charge in [-0.1, -0.05) is 11.6 Å². The molecule has 37 heavy (non-hydrogen) atoms. The number of halogens is 6. The molecule has 1 amide bonds. The molecule has 190 valence electrons. The second-order valence-corrected chi connectivity index (χ2v) is 7.78. The van der Waals surface area contributed by atoms with Crippen molar-refractivity contribution >= 4 is 28.8 Å². The third-order valence-electron chi connectivity index (χ3n) is 4.58. The number of ether oxygens (including phenoxy) is 1. The Balaban J connectivity index is 2.04. The lowest BCUT2D eigenvalue weighted by Gasteiger charge is -2.15. The molecule has 0 radical (unpaired) electrons. The molecule has 2 aromatic carbocycles. The topological polar surface area (TPSA) is 135 Å². The molecule has 0 saturated carbocycles. The summed E-state index contributed by atoms with van der Waals surface area (Å²) in [6.07, 6.45) is -3.81. The number of carbonyl (C=O) groups excluding carboxylic acids is 1. The van der Waals surface area contributed by atoms with Crippen molar-refractivity contribution in [3.8, 4) is 17.6 Å². The first-order chi connectivity index (χ1) is 17.3.